The van der Waals surface area contributed by atoms with E-state index in [0.29, 0.717) is 0 Å². The zero-order chi connectivity index (χ0) is 13.1. The van der Waals surface area contributed by atoms with E-state index in [0.717, 1.165) is 31.0 Å². The van der Waals surface area contributed by atoms with E-state index < -0.39 is 0 Å². The highest BCUT2D eigenvalue weighted by Crippen LogP contribution is 2.25. The molecule has 0 amide bonds. The van der Waals surface area contributed by atoms with Gasteiger partial charge in [0.2, 0.25) is 0 Å². The molecule has 100 valence electrons. The van der Waals surface area contributed by atoms with Crippen molar-refractivity contribution < 1.29 is 0 Å². The van der Waals surface area contributed by atoms with Gasteiger partial charge in [0.25, 0.3) is 0 Å². The number of allylic oxidation sites excluding steroid dienone is 5. The highest BCUT2D eigenvalue weighted by molar-refractivity contribution is 7.10. The van der Waals surface area contributed by atoms with Gasteiger partial charge in [-0.2, -0.15) is 0 Å². The predicted octanol–water partition coefficient (Wildman–Crippen LogP) is 4.51. The molecule has 0 radical (unpaired) electrons. The van der Waals surface area contributed by atoms with Crippen LogP contribution in [0.4, 0.5) is 0 Å². The van der Waals surface area contributed by atoms with Crippen LogP contribution in [0.25, 0.3) is 0 Å². The van der Waals surface area contributed by atoms with E-state index in [1.54, 1.807) is 4.88 Å². The monoisotopic (exact) mass is 291 g/mol. The molecule has 1 nitrogen and oxygen atoms in total. The van der Waals surface area contributed by atoms with Gasteiger partial charge in [-0.05, 0) is 47.9 Å². The summed E-state index contributed by atoms with van der Waals surface area (Å²) in [6, 6.07) is 2.27. The van der Waals surface area contributed by atoms with Crippen molar-refractivity contribution in [2.45, 2.75) is 25.8 Å². The number of hydrogen-bond acceptors (Lipinski definition) is 2. The van der Waals surface area contributed by atoms with E-state index in [2.05, 4.69) is 34.6 Å². The van der Waals surface area contributed by atoms with Crippen LogP contribution in [-0.4, -0.2) is 18.0 Å². The maximum atomic E-state index is 6.29. The Morgan fingerprint density at radius 2 is 2.16 bits per heavy atom. The van der Waals surface area contributed by atoms with Crippen LogP contribution >= 0.6 is 22.9 Å². The molecule has 19 heavy (non-hydrogen) atoms. The Hall–Kier alpha value is -0.830. The minimum absolute atomic E-state index is 0.905. The molecule has 0 saturated carbocycles. The largest absolute Gasteiger partial charge is 0.298 e. The topological polar surface area (TPSA) is 3.24 Å². The normalized spacial score (nSPS) is 19.6. The number of hydrogen-bond donors (Lipinski definition) is 0. The van der Waals surface area contributed by atoms with Crippen LogP contribution in [0.3, 0.4) is 0 Å². The van der Waals surface area contributed by atoms with Gasteiger partial charge in [0, 0.05) is 29.5 Å². The molecule has 0 aromatic carbocycles. The Morgan fingerprint density at radius 3 is 3.11 bits per heavy atom. The summed E-state index contributed by atoms with van der Waals surface area (Å²) in [4.78, 5) is 4.11. The molecule has 2 heterocycles. The third kappa shape index (κ3) is 3.19. The second-order valence-corrected chi connectivity index (χ2v) is 6.47. The van der Waals surface area contributed by atoms with Crippen LogP contribution in [-0.2, 0) is 13.0 Å². The third-order valence-electron chi connectivity index (χ3n) is 3.75. The van der Waals surface area contributed by atoms with Crippen LogP contribution in [0.2, 0.25) is 0 Å². The molecule has 0 unspecified atom stereocenters. The Kier molecular flexibility index (Phi) is 4.21. The maximum absolute atomic E-state index is 6.29. The zero-order valence-corrected chi connectivity index (χ0v) is 12.5. The Bertz CT molecular complexity index is 539. The van der Waals surface area contributed by atoms with Crippen molar-refractivity contribution in [1.82, 2.24) is 4.90 Å². The van der Waals surface area contributed by atoms with E-state index in [-0.39, 0.29) is 0 Å². The first-order valence-corrected chi connectivity index (χ1v) is 8.08. The van der Waals surface area contributed by atoms with Crippen LogP contribution in [0.5, 0.6) is 0 Å². The lowest BCUT2D eigenvalue weighted by Gasteiger charge is -2.26. The standard InChI is InChI=1S/C16H18ClNS/c17-15-5-3-1-2-4-13(15)6-9-18-10-7-16-14(12-18)8-11-19-16/h2-5,8,11H,1,6-7,9-10,12H2. The first-order valence-electron chi connectivity index (χ1n) is 6.82. The predicted molar refractivity (Wildman–Crippen MR) is 83.7 cm³/mol. The summed E-state index contributed by atoms with van der Waals surface area (Å²) in [7, 11) is 0. The summed E-state index contributed by atoms with van der Waals surface area (Å²) < 4.78 is 0. The van der Waals surface area contributed by atoms with Crippen LogP contribution < -0.4 is 0 Å². The van der Waals surface area contributed by atoms with Gasteiger partial charge in [-0.1, -0.05) is 29.8 Å². The van der Waals surface area contributed by atoms with Crippen LogP contribution in [0, 0.1) is 0 Å². The summed E-state index contributed by atoms with van der Waals surface area (Å²) in [5.41, 5.74) is 2.79. The van der Waals surface area contributed by atoms with Crippen molar-refractivity contribution in [2.24, 2.45) is 0 Å². The van der Waals surface area contributed by atoms with Gasteiger partial charge in [-0.25, -0.2) is 0 Å². The van der Waals surface area contributed by atoms with Crippen molar-refractivity contribution in [2.75, 3.05) is 13.1 Å². The lowest BCUT2D eigenvalue weighted by atomic mass is 10.1. The number of rotatable bonds is 3. The van der Waals surface area contributed by atoms with Crippen molar-refractivity contribution in [3.8, 4) is 0 Å². The highest BCUT2D eigenvalue weighted by atomic mass is 35.5. The van der Waals surface area contributed by atoms with Gasteiger partial charge in [0.05, 0.1) is 0 Å². The van der Waals surface area contributed by atoms with Gasteiger partial charge in [-0.3, -0.25) is 4.90 Å². The molecule has 3 heteroatoms. The van der Waals surface area contributed by atoms with E-state index in [1.165, 1.54) is 24.1 Å². The molecule has 1 aromatic heterocycles. The molecule has 0 N–H and O–H groups in total. The molecule has 1 aliphatic heterocycles. The smallest absolute Gasteiger partial charge is 0.0435 e. The van der Waals surface area contributed by atoms with Gasteiger partial charge in [0.15, 0.2) is 0 Å². The van der Waals surface area contributed by atoms with Crippen molar-refractivity contribution in [3.63, 3.8) is 0 Å². The zero-order valence-electron chi connectivity index (χ0n) is 10.9. The van der Waals surface area contributed by atoms with E-state index in [1.807, 2.05) is 17.4 Å². The summed E-state index contributed by atoms with van der Waals surface area (Å²) >= 11 is 8.19. The Labute approximate surface area is 123 Å². The minimum atomic E-state index is 0.905. The van der Waals surface area contributed by atoms with E-state index in [4.69, 9.17) is 11.6 Å². The molecule has 0 spiro atoms. The fourth-order valence-corrected chi connectivity index (χ4v) is 3.76. The second kappa shape index (κ2) is 6.08. The summed E-state index contributed by atoms with van der Waals surface area (Å²) in [6.07, 6.45) is 11.8. The SMILES string of the molecule is ClC1=C(CCN2CCc3sccc3C2)C=CCC=C1. The van der Waals surface area contributed by atoms with E-state index in [9.17, 15) is 0 Å². The third-order valence-corrected chi connectivity index (χ3v) is 5.14. The number of nitrogens with zero attached hydrogens (tertiary/aromatic N) is 1. The first-order chi connectivity index (χ1) is 9.33. The quantitative estimate of drug-likeness (QED) is 0.792. The van der Waals surface area contributed by atoms with Gasteiger partial charge < -0.3 is 0 Å². The maximum Gasteiger partial charge on any atom is 0.0435 e. The molecule has 0 fully saturated rings. The molecule has 1 aliphatic carbocycles. The molecule has 2 aliphatic rings. The van der Waals surface area contributed by atoms with Crippen molar-refractivity contribution in [1.29, 1.82) is 0 Å². The van der Waals surface area contributed by atoms with Gasteiger partial charge in [0.1, 0.15) is 0 Å². The van der Waals surface area contributed by atoms with Crippen molar-refractivity contribution in [3.05, 3.63) is 56.8 Å². The van der Waals surface area contributed by atoms with Crippen molar-refractivity contribution >= 4 is 22.9 Å². The summed E-state index contributed by atoms with van der Waals surface area (Å²) in [6.45, 7) is 3.38. The van der Waals surface area contributed by atoms with Crippen LogP contribution in [0.15, 0.2) is 46.4 Å². The summed E-state index contributed by atoms with van der Waals surface area (Å²) in [5, 5.41) is 3.12. The minimum Gasteiger partial charge on any atom is -0.298 e. The highest BCUT2D eigenvalue weighted by Gasteiger charge is 2.17. The Morgan fingerprint density at radius 1 is 1.26 bits per heavy atom. The Balaban J connectivity index is 1.60. The number of halogens is 1. The number of thiophene rings is 1. The average molecular weight is 292 g/mol. The molecular formula is C16H18ClNS. The average Bonchev–Trinajstić information content (AvgIpc) is 2.79. The molecule has 1 aromatic rings. The second-order valence-electron chi connectivity index (χ2n) is 5.06. The lowest BCUT2D eigenvalue weighted by molar-refractivity contribution is 0.260. The fraction of sp³-hybridized carbons (Fsp3) is 0.375. The molecule has 0 bridgehead atoms. The molecule has 0 atom stereocenters. The van der Waals surface area contributed by atoms with Crippen LogP contribution in [0.1, 0.15) is 23.3 Å². The lowest BCUT2D eigenvalue weighted by Crippen LogP contribution is -2.30. The first kappa shape index (κ1) is 13.2. The van der Waals surface area contributed by atoms with Gasteiger partial charge in [-0.15, -0.1) is 11.3 Å². The van der Waals surface area contributed by atoms with Gasteiger partial charge >= 0.3 is 0 Å². The number of fused-ring (bicyclic) bond motifs is 1. The fourth-order valence-electron chi connectivity index (χ4n) is 2.63. The molecular weight excluding hydrogens is 274 g/mol. The molecule has 3 rings (SSSR count). The molecule has 0 saturated heterocycles. The summed E-state index contributed by atoms with van der Waals surface area (Å²) in [5.74, 6) is 0. The van der Waals surface area contributed by atoms with E-state index >= 15 is 0 Å².